The summed E-state index contributed by atoms with van der Waals surface area (Å²) in [7, 11) is 1.16. The summed E-state index contributed by atoms with van der Waals surface area (Å²) < 4.78 is 34.4. The van der Waals surface area contributed by atoms with Crippen LogP contribution in [0.2, 0.25) is 0 Å². The first kappa shape index (κ1) is 95.4. The SMILES string of the molecule is CC/C=C\C/C=C\C/C=C\C/C=C\C/C=C\C/C=C\C/C=C\C/C=C\CCCCCCCCCCCCCCCCC(=O)OC(COC(=O)CCCCCCCCCCCCCCCCCCCC/C=C\C/C=C\C/C=C\C/C=C\C/C=C\C/C=C\CC)COP(=O)([O-])OCC[N+](C)(C)C. The first-order valence-corrected chi connectivity index (χ1v) is 42.3. The van der Waals surface area contributed by atoms with E-state index < -0.39 is 26.5 Å². The summed E-state index contributed by atoms with van der Waals surface area (Å²) in [4.78, 5) is 38.2. The van der Waals surface area contributed by atoms with Gasteiger partial charge in [-0.1, -0.05) is 364 Å². The van der Waals surface area contributed by atoms with Gasteiger partial charge in [-0.3, -0.25) is 14.2 Å². The van der Waals surface area contributed by atoms with E-state index in [0.717, 1.165) is 128 Å². The Bertz CT molecular complexity index is 2300. The van der Waals surface area contributed by atoms with Gasteiger partial charge in [0, 0.05) is 12.8 Å². The van der Waals surface area contributed by atoms with E-state index in [1.54, 1.807) is 0 Å². The Balaban J connectivity index is 3.99. The van der Waals surface area contributed by atoms with Crippen molar-refractivity contribution in [3.05, 3.63) is 170 Å². The molecule has 0 aromatic rings. The largest absolute Gasteiger partial charge is 0.756 e. The number of rotatable bonds is 74. The monoisotopic (exact) mass is 1410 g/mol. The summed E-state index contributed by atoms with van der Waals surface area (Å²) in [5, 5.41) is 0. The molecule has 570 valence electrons. The maximum atomic E-state index is 12.9. The molecule has 0 aromatic carbocycles. The minimum atomic E-state index is -4.65. The molecule has 0 heterocycles. The molecule has 0 bridgehead atoms. The fraction of sp³-hybridized carbons (Fsp3) is 0.667. The minimum absolute atomic E-state index is 0.0358. The number of quaternary nitrogens is 1. The van der Waals surface area contributed by atoms with Crippen LogP contribution in [0.3, 0.4) is 0 Å². The number of hydrogen-bond acceptors (Lipinski definition) is 8. The molecule has 0 rings (SSSR count). The number of unbranched alkanes of at least 4 members (excludes halogenated alkanes) is 32. The number of allylic oxidation sites excluding steroid dienone is 28. The summed E-state index contributed by atoms with van der Waals surface area (Å²) >= 11 is 0. The van der Waals surface area contributed by atoms with Gasteiger partial charge in [0.15, 0.2) is 6.10 Å². The van der Waals surface area contributed by atoms with Crippen LogP contribution in [0, 0.1) is 0 Å². The highest BCUT2D eigenvalue weighted by Gasteiger charge is 2.22. The van der Waals surface area contributed by atoms with Gasteiger partial charge in [0.25, 0.3) is 7.82 Å². The molecule has 2 unspecified atom stereocenters. The van der Waals surface area contributed by atoms with Gasteiger partial charge >= 0.3 is 11.9 Å². The van der Waals surface area contributed by atoms with Crippen molar-refractivity contribution < 1.29 is 42.1 Å². The second-order valence-electron chi connectivity index (χ2n) is 28.0. The third-order valence-electron chi connectivity index (χ3n) is 17.2. The summed E-state index contributed by atoms with van der Waals surface area (Å²) in [6, 6.07) is 0. The number of likely N-dealkylation sites (N-methyl/N-ethyl adjacent to an activating group) is 1. The quantitative estimate of drug-likeness (QED) is 0.0195. The summed E-state index contributed by atoms with van der Waals surface area (Å²) in [5.74, 6) is -0.829. The number of carbonyl (C=O) groups excluding carboxylic acids is 2. The number of phosphoric ester groups is 1. The Morgan fingerprint density at radius 2 is 0.540 bits per heavy atom. The molecular weight excluding hydrogens is 1250 g/mol. The molecule has 0 aliphatic carbocycles. The van der Waals surface area contributed by atoms with Crippen molar-refractivity contribution in [3.8, 4) is 0 Å². The Labute approximate surface area is 617 Å². The second-order valence-corrected chi connectivity index (χ2v) is 29.4. The molecule has 0 spiro atoms. The van der Waals surface area contributed by atoms with Crippen LogP contribution in [0.4, 0.5) is 0 Å². The minimum Gasteiger partial charge on any atom is -0.756 e. The van der Waals surface area contributed by atoms with E-state index in [-0.39, 0.29) is 32.0 Å². The second kappa shape index (κ2) is 78.5. The Morgan fingerprint density at radius 3 is 0.800 bits per heavy atom. The van der Waals surface area contributed by atoms with Crippen LogP contribution in [-0.2, 0) is 32.7 Å². The number of esters is 2. The number of nitrogens with zero attached hydrogens (tertiary/aromatic N) is 1. The Hall–Kier alpha value is -4.63. The number of phosphoric acid groups is 1. The lowest BCUT2D eigenvalue weighted by Gasteiger charge is -2.28. The summed E-state index contributed by atoms with van der Waals surface area (Å²) in [6.07, 6.45) is 119. The number of hydrogen-bond donors (Lipinski definition) is 0. The first-order valence-electron chi connectivity index (χ1n) is 40.8. The van der Waals surface area contributed by atoms with Gasteiger partial charge in [0.1, 0.15) is 19.8 Å². The molecule has 0 saturated carbocycles. The predicted molar refractivity (Wildman–Crippen MR) is 433 cm³/mol. The summed E-state index contributed by atoms with van der Waals surface area (Å²) in [5.41, 5.74) is 0. The lowest BCUT2D eigenvalue weighted by Crippen LogP contribution is -2.37. The molecule has 10 heteroatoms. The van der Waals surface area contributed by atoms with E-state index in [0.29, 0.717) is 17.4 Å². The zero-order valence-corrected chi connectivity index (χ0v) is 66.0. The van der Waals surface area contributed by atoms with E-state index in [1.807, 2.05) is 21.1 Å². The molecule has 2 atom stereocenters. The van der Waals surface area contributed by atoms with Gasteiger partial charge in [-0.05, 0) is 128 Å². The molecule has 0 aromatic heterocycles. The maximum Gasteiger partial charge on any atom is 0.306 e. The molecule has 0 N–H and O–H groups in total. The van der Waals surface area contributed by atoms with Crippen molar-refractivity contribution in [2.75, 3.05) is 47.5 Å². The van der Waals surface area contributed by atoms with Crippen molar-refractivity contribution in [3.63, 3.8) is 0 Å². The van der Waals surface area contributed by atoms with Crippen molar-refractivity contribution in [2.24, 2.45) is 0 Å². The number of carbonyl (C=O) groups is 2. The van der Waals surface area contributed by atoms with Gasteiger partial charge in [-0.25, -0.2) is 0 Å². The van der Waals surface area contributed by atoms with Crippen molar-refractivity contribution in [1.82, 2.24) is 0 Å². The van der Waals surface area contributed by atoms with Gasteiger partial charge < -0.3 is 27.9 Å². The van der Waals surface area contributed by atoms with Crippen LogP contribution < -0.4 is 4.89 Å². The van der Waals surface area contributed by atoms with Gasteiger partial charge in [0.05, 0.1) is 27.7 Å². The predicted octanol–water partition coefficient (Wildman–Crippen LogP) is 27.0. The molecule has 0 radical (unpaired) electrons. The Morgan fingerprint density at radius 1 is 0.310 bits per heavy atom. The zero-order valence-electron chi connectivity index (χ0n) is 65.1. The third kappa shape index (κ3) is 82.3. The fourth-order valence-corrected chi connectivity index (χ4v) is 11.8. The normalized spacial score (nSPS) is 13.9. The molecular formula is C90H152NO8P. The fourth-order valence-electron chi connectivity index (χ4n) is 11.1. The highest BCUT2D eigenvalue weighted by molar-refractivity contribution is 7.45. The van der Waals surface area contributed by atoms with E-state index >= 15 is 0 Å². The molecule has 0 fully saturated rings. The van der Waals surface area contributed by atoms with Crippen LogP contribution in [0.5, 0.6) is 0 Å². The molecule has 0 saturated heterocycles. The highest BCUT2D eigenvalue weighted by atomic mass is 31.2. The van der Waals surface area contributed by atoms with Crippen LogP contribution in [0.25, 0.3) is 0 Å². The molecule has 0 aliphatic heterocycles. The van der Waals surface area contributed by atoms with E-state index in [2.05, 4.69) is 184 Å². The smallest absolute Gasteiger partial charge is 0.306 e. The van der Waals surface area contributed by atoms with E-state index in [4.69, 9.17) is 18.5 Å². The molecule has 0 aliphatic rings. The topological polar surface area (TPSA) is 111 Å². The Kier molecular flexibility index (Phi) is 74.9. The van der Waals surface area contributed by atoms with Gasteiger partial charge in [0.2, 0.25) is 0 Å². The standard InChI is InChI=1S/C90H152NO8P/c1-6-8-10-12-14-16-18-20-22-24-26-28-30-32-34-36-38-40-42-44-45-47-49-51-53-55-57-59-61-63-65-67-69-71-73-75-77-79-81-83-90(93)99-88(87-98-100(94,95)97-85-84-91(3,4)5)86-96-89(92)82-80-78-76-74-72-70-68-66-64-62-60-58-56-54-52-50-48-46-43-41-39-37-35-33-31-29-27-25-23-21-19-17-15-13-11-9-7-2/h8-11,14-17,20-23,26-29,32-35,38-41,44-45,49,51,88H,6-7,12-13,18-19,24-25,30-31,36-37,42-43,46-48,50,52-87H2,1-5H3/b10-8-,11-9-,16-14-,17-15-,22-20-,23-21-,28-26-,29-27-,34-32-,35-33-,40-38-,41-39-,45-44-,51-49-. The van der Waals surface area contributed by atoms with Crippen LogP contribution in [0.1, 0.15) is 335 Å². The maximum absolute atomic E-state index is 12.9. The number of ether oxygens (including phenoxy) is 2. The molecule has 100 heavy (non-hydrogen) atoms. The van der Waals surface area contributed by atoms with Gasteiger partial charge in [-0.15, -0.1) is 0 Å². The van der Waals surface area contributed by atoms with Crippen molar-refractivity contribution in [2.45, 2.75) is 341 Å². The van der Waals surface area contributed by atoms with Crippen LogP contribution in [-0.4, -0.2) is 70.0 Å². The lowest BCUT2D eigenvalue weighted by molar-refractivity contribution is -0.870. The third-order valence-corrected chi connectivity index (χ3v) is 18.2. The summed E-state index contributed by atoms with van der Waals surface area (Å²) in [6.45, 7) is 4.03. The van der Waals surface area contributed by atoms with Gasteiger partial charge in [-0.2, -0.15) is 0 Å². The molecule has 0 amide bonds. The van der Waals surface area contributed by atoms with Crippen molar-refractivity contribution >= 4 is 19.8 Å². The van der Waals surface area contributed by atoms with Crippen molar-refractivity contribution in [1.29, 1.82) is 0 Å². The molecule has 9 nitrogen and oxygen atoms in total. The zero-order chi connectivity index (χ0) is 72.5. The van der Waals surface area contributed by atoms with Crippen LogP contribution >= 0.6 is 7.82 Å². The average Bonchev–Trinajstić information content (AvgIpc) is 1.07. The van der Waals surface area contributed by atoms with Crippen LogP contribution in [0.15, 0.2) is 170 Å². The first-order chi connectivity index (χ1) is 49.0. The van der Waals surface area contributed by atoms with E-state index in [9.17, 15) is 19.0 Å². The lowest BCUT2D eigenvalue weighted by atomic mass is 10.0. The highest BCUT2D eigenvalue weighted by Crippen LogP contribution is 2.38. The average molecular weight is 1410 g/mol. The van der Waals surface area contributed by atoms with E-state index in [1.165, 1.54) is 173 Å².